The number of sulfonamides is 1. The summed E-state index contributed by atoms with van der Waals surface area (Å²) in [6, 6.07) is 4.56. The number of nitrogens with one attached hydrogen (secondary N) is 1. The van der Waals surface area contributed by atoms with E-state index in [1.54, 1.807) is 6.92 Å². The monoisotopic (exact) mass is 317 g/mol. The first-order valence-corrected chi connectivity index (χ1v) is 7.51. The summed E-state index contributed by atoms with van der Waals surface area (Å²) >= 11 is 5.63. The fourth-order valence-electron chi connectivity index (χ4n) is 1.52. The third-order valence-electron chi connectivity index (χ3n) is 2.56. The van der Waals surface area contributed by atoms with Gasteiger partial charge < -0.3 is 0 Å². The van der Waals surface area contributed by atoms with E-state index in [2.05, 4.69) is 4.72 Å². The average Bonchev–Trinajstić information content (AvgIpc) is 2.37. The molecular formula is C11H12ClN3O4S. The molecular weight excluding hydrogens is 306 g/mol. The highest BCUT2D eigenvalue weighted by Gasteiger charge is 2.27. The topological polar surface area (TPSA) is 113 Å². The number of nitro benzene ring substituents is 1. The van der Waals surface area contributed by atoms with Gasteiger partial charge in [0.1, 0.15) is 0 Å². The van der Waals surface area contributed by atoms with Crippen LogP contribution in [0.25, 0.3) is 0 Å². The van der Waals surface area contributed by atoms with Gasteiger partial charge in [-0.15, -0.1) is 0 Å². The van der Waals surface area contributed by atoms with E-state index < -0.39 is 31.6 Å². The lowest BCUT2D eigenvalue weighted by Crippen LogP contribution is -2.34. The van der Waals surface area contributed by atoms with Gasteiger partial charge in [-0.1, -0.05) is 18.5 Å². The van der Waals surface area contributed by atoms with E-state index in [-0.39, 0.29) is 11.4 Å². The van der Waals surface area contributed by atoms with Gasteiger partial charge in [-0.25, -0.2) is 13.1 Å². The number of nitriles is 1. The summed E-state index contributed by atoms with van der Waals surface area (Å²) < 4.78 is 26.6. The summed E-state index contributed by atoms with van der Waals surface area (Å²) in [6.45, 7) is 1.71. The van der Waals surface area contributed by atoms with Crippen molar-refractivity contribution in [2.24, 2.45) is 0 Å². The first-order valence-electron chi connectivity index (χ1n) is 5.65. The van der Waals surface area contributed by atoms with Crippen molar-refractivity contribution in [1.82, 2.24) is 4.72 Å². The number of hydrogen-bond donors (Lipinski definition) is 1. The molecule has 1 aromatic rings. The third kappa shape index (κ3) is 3.90. The maximum Gasteiger partial charge on any atom is 0.290 e. The predicted molar refractivity (Wildman–Crippen MR) is 72.7 cm³/mol. The Bertz CT molecular complexity index is 654. The Hall–Kier alpha value is -1.69. The molecule has 1 unspecified atom stereocenters. The molecule has 20 heavy (non-hydrogen) atoms. The summed E-state index contributed by atoms with van der Waals surface area (Å²) in [6.07, 6.45) is 0.380. The molecule has 0 saturated carbocycles. The summed E-state index contributed by atoms with van der Waals surface area (Å²) in [5.74, 6) is 0. The van der Waals surface area contributed by atoms with E-state index in [0.29, 0.717) is 6.42 Å². The highest BCUT2D eigenvalue weighted by Crippen LogP contribution is 2.27. The van der Waals surface area contributed by atoms with Crippen LogP contribution in [0.3, 0.4) is 0 Å². The minimum atomic E-state index is -4.09. The minimum Gasteiger partial charge on any atom is -0.258 e. The first kappa shape index (κ1) is 16.4. The molecule has 0 saturated heterocycles. The number of hydrogen-bond acceptors (Lipinski definition) is 5. The van der Waals surface area contributed by atoms with Gasteiger partial charge in [0.05, 0.1) is 17.4 Å². The molecule has 0 aliphatic carbocycles. The SMILES string of the molecule is CCC(CC#N)NS(=O)(=O)c1ccc(Cl)cc1[N+](=O)[O-]. The molecule has 0 aromatic heterocycles. The molecule has 1 rings (SSSR count). The van der Waals surface area contributed by atoms with Crippen LogP contribution in [0.1, 0.15) is 19.8 Å². The van der Waals surface area contributed by atoms with Crippen molar-refractivity contribution in [2.75, 3.05) is 0 Å². The Morgan fingerprint density at radius 2 is 2.20 bits per heavy atom. The van der Waals surface area contributed by atoms with Gasteiger partial charge in [0.2, 0.25) is 10.0 Å². The molecule has 0 aliphatic rings. The predicted octanol–water partition coefficient (Wildman–Crippen LogP) is 2.22. The number of rotatable bonds is 6. The van der Waals surface area contributed by atoms with E-state index in [1.165, 1.54) is 6.07 Å². The van der Waals surface area contributed by atoms with Crippen LogP contribution in [0.2, 0.25) is 5.02 Å². The standard InChI is InChI=1S/C11H12ClN3O4S/c1-2-9(5-6-13)14-20(18,19)11-4-3-8(12)7-10(11)15(16)17/h3-4,7,9,14H,2,5H2,1H3. The fraction of sp³-hybridized carbons (Fsp3) is 0.364. The maximum atomic E-state index is 12.1. The van der Waals surface area contributed by atoms with Crippen LogP contribution in [-0.2, 0) is 10.0 Å². The second kappa shape index (κ2) is 6.65. The van der Waals surface area contributed by atoms with Gasteiger partial charge in [0.25, 0.3) is 5.69 Å². The molecule has 0 bridgehead atoms. The van der Waals surface area contributed by atoms with Crippen molar-refractivity contribution < 1.29 is 13.3 Å². The molecule has 1 N–H and O–H groups in total. The van der Waals surface area contributed by atoms with E-state index >= 15 is 0 Å². The zero-order valence-electron chi connectivity index (χ0n) is 10.5. The normalized spacial score (nSPS) is 12.7. The van der Waals surface area contributed by atoms with E-state index in [9.17, 15) is 18.5 Å². The largest absolute Gasteiger partial charge is 0.290 e. The summed E-state index contributed by atoms with van der Waals surface area (Å²) in [4.78, 5) is 9.62. The molecule has 1 atom stereocenters. The number of nitro groups is 1. The van der Waals surface area contributed by atoms with Crippen molar-refractivity contribution in [3.8, 4) is 6.07 Å². The molecule has 0 radical (unpaired) electrons. The Labute approximate surface area is 121 Å². The Balaban J connectivity index is 3.22. The van der Waals surface area contributed by atoms with Crippen molar-refractivity contribution in [3.63, 3.8) is 0 Å². The van der Waals surface area contributed by atoms with Gasteiger partial charge >= 0.3 is 0 Å². The second-order valence-electron chi connectivity index (χ2n) is 3.96. The van der Waals surface area contributed by atoms with Gasteiger partial charge in [0.15, 0.2) is 4.90 Å². The van der Waals surface area contributed by atoms with E-state index in [4.69, 9.17) is 16.9 Å². The number of halogens is 1. The average molecular weight is 318 g/mol. The Kier molecular flexibility index (Phi) is 5.44. The molecule has 7 nitrogen and oxygen atoms in total. The molecule has 1 aromatic carbocycles. The number of benzene rings is 1. The van der Waals surface area contributed by atoms with Crippen molar-refractivity contribution in [1.29, 1.82) is 5.26 Å². The molecule has 0 amide bonds. The molecule has 0 fully saturated rings. The van der Waals surface area contributed by atoms with Crippen molar-refractivity contribution >= 4 is 27.3 Å². The quantitative estimate of drug-likeness (QED) is 0.638. The van der Waals surface area contributed by atoms with Gasteiger partial charge in [-0.05, 0) is 18.6 Å². The highest BCUT2D eigenvalue weighted by atomic mass is 35.5. The summed E-state index contributed by atoms with van der Waals surface area (Å²) in [5.41, 5.74) is -0.600. The molecule has 9 heteroatoms. The van der Waals surface area contributed by atoms with Crippen LogP contribution in [0, 0.1) is 21.4 Å². The lowest BCUT2D eigenvalue weighted by molar-refractivity contribution is -0.387. The minimum absolute atomic E-state index is 0.0167. The highest BCUT2D eigenvalue weighted by molar-refractivity contribution is 7.89. The first-order chi connectivity index (χ1) is 9.31. The van der Waals surface area contributed by atoms with Crippen LogP contribution >= 0.6 is 11.6 Å². The Morgan fingerprint density at radius 1 is 1.55 bits per heavy atom. The maximum absolute atomic E-state index is 12.1. The lowest BCUT2D eigenvalue weighted by atomic mass is 10.2. The third-order valence-corrected chi connectivity index (χ3v) is 4.36. The smallest absolute Gasteiger partial charge is 0.258 e. The zero-order chi connectivity index (χ0) is 15.3. The van der Waals surface area contributed by atoms with E-state index in [1.807, 2.05) is 6.07 Å². The summed E-state index contributed by atoms with van der Waals surface area (Å²) in [7, 11) is -4.09. The van der Waals surface area contributed by atoms with Gasteiger partial charge in [-0.3, -0.25) is 10.1 Å². The number of nitrogens with zero attached hydrogens (tertiary/aromatic N) is 2. The van der Waals surface area contributed by atoms with Gasteiger partial charge in [0, 0.05) is 17.1 Å². The van der Waals surface area contributed by atoms with Crippen molar-refractivity contribution in [3.05, 3.63) is 33.3 Å². The zero-order valence-corrected chi connectivity index (χ0v) is 12.1. The van der Waals surface area contributed by atoms with Crippen LogP contribution in [0.4, 0.5) is 5.69 Å². The Morgan fingerprint density at radius 3 is 2.70 bits per heavy atom. The lowest BCUT2D eigenvalue weighted by Gasteiger charge is -2.14. The van der Waals surface area contributed by atoms with Crippen LogP contribution in [0.15, 0.2) is 23.1 Å². The molecule has 108 valence electrons. The molecule has 0 aliphatic heterocycles. The van der Waals surface area contributed by atoms with Crippen LogP contribution in [0.5, 0.6) is 0 Å². The van der Waals surface area contributed by atoms with E-state index in [0.717, 1.165) is 12.1 Å². The van der Waals surface area contributed by atoms with Crippen LogP contribution in [-0.4, -0.2) is 19.4 Å². The van der Waals surface area contributed by atoms with Crippen molar-refractivity contribution in [2.45, 2.75) is 30.7 Å². The molecule has 0 spiro atoms. The van der Waals surface area contributed by atoms with Gasteiger partial charge in [-0.2, -0.15) is 5.26 Å². The fourth-order valence-corrected chi connectivity index (χ4v) is 3.16. The van der Waals surface area contributed by atoms with Crippen LogP contribution < -0.4 is 4.72 Å². The second-order valence-corrected chi connectivity index (χ2v) is 6.08. The summed E-state index contributed by atoms with van der Waals surface area (Å²) in [5, 5.41) is 19.6. The molecule has 0 heterocycles.